The summed E-state index contributed by atoms with van der Waals surface area (Å²) in [5.74, 6) is 1.22. The molecule has 1 heterocycles. The molecule has 1 unspecified atom stereocenters. The number of rotatable bonds is 7. The van der Waals surface area contributed by atoms with Crippen LogP contribution in [0.4, 0.5) is 5.82 Å². The number of fused-ring (bicyclic) bond motifs is 1. The van der Waals surface area contributed by atoms with Crippen LogP contribution in [-0.2, 0) is 4.74 Å². The summed E-state index contributed by atoms with van der Waals surface area (Å²) in [5.41, 5.74) is 0.910. The third-order valence-electron chi connectivity index (χ3n) is 2.95. The first-order valence-electron chi connectivity index (χ1n) is 7.11. The smallest absolute Gasteiger partial charge is 0.126 e. The number of anilines is 1. The van der Waals surface area contributed by atoms with Gasteiger partial charge in [0.2, 0.25) is 0 Å². The Balaban J connectivity index is 1.90. The zero-order chi connectivity index (χ0) is 15.2. The Morgan fingerprint density at radius 1 is 1.24 bits per heavy atom. The van der Waals surface area contributed by atoms with Gasteiger partial charge in [-0.05, 0) is 40.0 Å². The van der Waals surface area contributed by atoms with Crippen LogP contribution in [0.15, 0.2) is 34.8 Å². The van der Waals surface area contributed by atoms with Crippen LogP contribution in [0.5, 0.6) is 0 Å². The number of aromatic nitrogens is 1. The number of aliphatic hydroxyl groups excluding tert-OH is 1. The van der Waals surface area contributed by atoms with Crippen molar-refractivity contribution in [1.29, 1.82) is 0 Å². The van der Waals surface area contributed by atoms with Crippen molar-refractivity contribution in [2.75, 3.05) is 25.1 Å². The van der Waals surface area contributed by atoms with E-state index >= 15 is 0 Å². The monoisotopic (exact) mass is 352 g/mol. The van der Waals surface area contributed by atoms with E-state index in [0.717, 1.165) is 21.2 Å². The minimum Gasteiger partial charge on any atom is -0.389 e. The van der Waals surface area contributed by atoms with Gasteiger partial charge in [-0.1, -0.05) is 26.0 Å². The molecule has 0 saturated carbocycles. The normalized spacial score (nSPS) is 12.8. The molecule has 0 aliphatic heterocycles. The second-order valence-electron chi connectivity index (χ2n) is 5.47. The van der Waals surface area contributed by atoms with Crippen molar-refractivity contribution in [2.24, 2.45) is 5.92 Å². The minimum atomic E-state index is -0.541. The second kappa shape index (κ2) is 7.73. The molecule has 2 rings (SSSR count). The first kappa shape index (κ1) is 16.2. The van der Waals surface area contributed by atoms with Crippen molar-refractivity contribution in [2.45, 2.75) is 20.0 Å². The maximum absolute atomic E-state index is 9.87. The molecule has 2 aromatic rings. The van der Waals surface area contributed by atoms with E-state index in [1.807, 2.05) is 30.3 Å². The average molecular weight is 353 g/mol. The van der Waals surface area contributed by atoms with Crippen molar-refractivity contribution < 1.29 is 9.84 Å². The fraction of sp³-hybridized carbons (Fsp3) is 0.438. The highest BCUT2D eigenvalue weighted by atomic mass is 79.9. The Morgan fingerprint density at radius 2 is 2.05 bits per heavy atom. The van der Waals surface area contributed by atoms with Crippen LogP contribution >= 0.6 is 15.9 Å². The number of ether oxygens (including phenoxy) is 1. The Kier molecular flexibility index (Phi) is 5.96. The summed E-state index contributed by atoms with van der Waals surface area (Å²) >= 11 is 3.50. The third-order valence-corrected chi connectivity index (χ3v) is 3.59. The number of nitrogens with one attached hydrogen (secondary N) is 1. The number of hydrogen-bond donors (Lipinski definition) is 2. The number of nitrogens with zero attached hydrogens (tertiary/aromatic N) is 1. The van der Waals surface area contributed by atoms with Gasteiger partial charge in [0.25, 0.3) is 0 Å². The van der Waals surface area contributed by atoms with Crippen molar-refractivity contribution in [3.05, 3.63) is 34.8 Å². The first-order chi connectivity index (χ1) is 10.1. The fourth-order valence-electron chi connectivity index (χ4n) is 1.93. The highest BCUT2D eigenvalue weighted by molar-refractivity contribution is 9.10. The quantitative estimate of drug-likeness (QED) is 0.801. The molecule has 0 spiro atoms. The zero-order valence-corrected chi connectivity index (χ0v) is 13.9. The highest BCUT2D eigenvalue weighted by Crippen LogP contribution is 2.23. The number of pyridine rings is 1. The maximum Gasteiger partial charge on any atom is 0.126 e. The molecule has 0 saturated heterocycles. The van der Waals surface area contributed by atoms with Crippen molar-refractivity contribution >= 4 is 32.7 Å². The van der Waals surface area contributed by atoms with Gasteiger partial charge in [0.1, 0.15) is 5.82 Å². The van der Waals surface area contributed by atoms with Crippen LogP contribution in [0.3, 0.4) is 0 Å². The van der Waals surface area contributed by atoms with E-state index in [1.165, 1.54) is 0 Å². The summed E-state index contributed by atoms with van der Waals surface area (Å²) in [4.78, 5) is 4.55. The van der Waals surface area contributed by atoms with Gasteiger partial charge < -0.3 is 15.2 Å². The lowest BCUT2D eigenvalue weighted by Crippen LogP contribution is -2.26. The summed E-state index contributed by atoms with van der Waals surface area (Å²) < 4.78 is 6.38. The van der Waals surface area contributed by atoms with Gasteiger partial charge in [0.05, 0.1) is 18.2 Å². The maximum atomic E-state index is 9.87. The van der Waals surface area contributed by atoms with Gasteiger partial charge in [-0.2, -0.15) is 0 Å². The summed E-state index contributed by atoms with van der Waals surface area (Å²) in [6.45, 7) is 5.59. The van der Waals surface area contributed by atoms with E-state index in [1.54, 1.807) is 0 Å². The standard InChI is InChI=1S/C16H21BrN2O2/c1-11(2)9-21-10-13(20)8-18-15-7-6-12-4-3-5-14(17)16(12)19-15/h3-7,11,13,20H,8-10H2,1-2H3,(H,18,19). The average Bonchev–Trinajstić information content (AvgIpc) is 2.45. The van der Waals surface area contributed by atoms with Gasteiger partial charge in [-0.25, -0.2) is 4.98 Å². The molecule has 1 atom stereocenters. The molecule has 4 nitrogen and oxygen atoms in total. The third kappa shape index (κ3) is 4.95. The molecule has 2 N–H and O–H groups in total. The zero-order valence-electron chi connectivity index (χ0n) is 12.3. The van der Waals surface area contributed by atoms with E-state index in [9.17, 15) is 5.11 Å². The van der Waals surface area contributed by atoms with Crippen LogP contribution in [0.25, 0.3) is 10.9 Å². The molecule has 1 aromatic carbocycles. The van der Waals surface area contributed by atoms with E-state index < -0.39 is 6.10 Å². The molecule has 5 heteroatoms. The summed E-state index contributed by atoms with van der Waals surface area (Å²) in [6, 6.07) is 9.89. The largest absolute Gasteiger partial charge is 0.389 e. The number of para-hydroxylation sites is 1. The Labute approximate surface area is 133 Å². The molecule has 0 bridgehead atoms. The van der Waals surface area contributed by atoms with Gasteiger partial charge >= 0.3 is 0 Å². The summed E-state index contributed by atoms with van der Waals surface area (Å²) in [6.07, 6.45) is -0.541. The molecular weight excluding hydrogens is 332 g/mol. The van der Waals surface area contributed by atoms with E-state index in [4.69, 9.17) is 4.74 Å². The number of hydrogen-bond acceptors (Lipinski definition) is 4. The highest BCUT2D eigenvalue weighted by Gasteiger charge is 2.06. The number of benzene rings is 1. The molecule has 0 fully saturated rings. The van der Waals surface area contributed by atoms with Gasteiger partial charge in [-0.15, -0.1) is 0 Å². The molecular formula is C16H21BrN2O2. The van der Waals surface area contributed by atoms with Crippen LogP contribution in [0, 0.1) is 5.92 Å². The Morgan fingerprint density at radius 3 is 2.81 bits per heavy atom. The van der Waals surface area contributed by atoms with Crippen LogP contribution in [-0.4, -0.2) is 36.0 Å². The summed E-state index contributed by atoms with van der Waals surface area (Å²) in [7, 11) is 0. The molecule has 0 aliphatic rings. The molecule has 1 aromatic heterocycles. The molecule has 114 valence electrons. The van der Waals surface area contributed by atoms with E-state index in [-0.39, 0.29) is 0 Å². The van der Waals surface area contributed by atoms with Gasteiger partial charge in [-0.3, -0.25) is 0 Å². The molecule has 0 amide bonds. The first-order valence-corrected chi connectivity index (χ1v) is 7.90. The Hall–Kier alpha value is -1.17. The van der Waals surface area contributed by atoms with Crippen LogP contribution in [0.1, 0.15) is 13.8 Å². The van der Waals surface area contributed by atoms with E-state index in [0.29, 0.717) is 25.7 Å². The Bertz CT molecular complexity index is 589. The SMILES string of the molecule is CC(C)COCC(O)CNc1ccc2cccc(Br)c2n1. The minimum absolute atomic E-state index is 0.336. The predicted octanol–water partition coefficient (Wildman–Crippen LogP) is 3.44. The molecule has 0 radical (unpaired) electrons. The fourth-order valence-corrected chi connectivity index (χ4v) is 2.40. The summed E-state index contributed by atoms with van der Waals surface area (Å²) in [5, 5.41) is 14.1. The van der Waals surface area contributed by atoms with Crippen molar-refractivity contribution in [1.82, 2.24) is 4.98 Å². The van der Waals surface area contributed by atoms with Crippen molar-refractivity contribution in [3.8, 4) is 0 Å². The van der Waals surface area contributed by atoms with E-state index in [2.05, 4.69) is 40.1 Å². The van der Waals surface area contributed by atoms with Crippen molar-refractivity contribution in [3.63, 3.8) is 0 Å². The lowest BCUT2D eigenvalue weighted by molar-refractivity contribution is 0.0317. The predicted molar refractivity (Wildman–Crippen MR) is 89.6 cm³/mol. The van der Waals surface area contributed by atoms with Gasteiger partial charge in [0, 0.05) is 23.0 Å². The molecule has 21 heavy (non-hydrogen) atoms. The second-order valence-corrected chi connectivity index (χ2v) is 6.33. The topological polar surface area (TPSA) is 54.4 Å². The molecule has 0 aliphatic carbocycles. The number of aliphatic hydroxyl groups is 1. The number of halogens is 1. The lowest BCUT2D eigenvalue weighted by atomic mass is 10.2. The van der Waals surface area contributed by atoms with Gasteiger partial charge in [0.15, 0.2) is 0 Å². The lowest BCUT2D eigenvalue weighted by Gasteiger charge is -2.14. The van der Waals surface area contributed by atoms with Crippen LogP contribution in [0.2, 0.25) is 0 Å². The van der Waals surface area contributed by atoms with Crippen LogP contribution < -0.4 is 5.32 Å².